The lowest BCUT2D eigenvalue weighted by Crippen LogP contribution is -2.20. The molecule has 1 atom stereocenters. The lowest BCUT2D eigenvalue weighted by Gasteiger charge is -2.20. The number of benzene rings is 2. The fraction of sp³-hybridized carbons (Fsp3) is 0.238. The van der Waals surface area contributed by atoms with Crippen molar-refractivity contribution in [3.05, 3.63) is 82.9 Å². The highest BCUT2D eigenvalue weighted by Gasteiger charge is 2.14. The highest BCUT2D eigenvalue weighted by molar-refractivity contribution is 6.30. The number of halogens is 1. The first-order valence-electron chi connectivity index (χ1n) is 8.50. The van der Waals surface area contributed by atoms with E-state index in [0.717, 1.165) is 22.7 Å². The summed E-state index contributed by atoms with van der Waals surface area (Å²) < 4.78 is 6.08. The SMILES string of the molecule is CN(C)CCOC(c1ccccc1)c1ccc(Cl)cc1.O=C(O)/C=C\C(=O)O. The molecule has 0 aromatic heterocycles. The van der Waals surface area contributed by atoms with Gasteiger partial charge in [0, 0.05) is 23.7 Å². The topological polar surface area (TPSA) is 87.1 Å². The standard InChI is InChI=1S/C17H20ClNO.C4H4O4/c1-19(2)12-13-20-17(14-6-4-3-5-7-14)15-8-10-16(18)11-9-15;5-3(6)1-2-4(7)8/h3-11,17H,12-13H2,1-2H3;1-2H,(H,5,6)(H,7,8)/b;2-1-. The second-order valence-corrected chi connectivity index (χ2v) is 6.46. The van der Waals surface area contributed by atoms with Crippen LogP contribution in [0.3, 0.4) is 0 Å². The van der Waals surface area contributed by atoms with Gasteiger partial charge in [-0.25, -0.2) is 9.59 Å². The van der Waals surface area contributed by atoms with Gasteiger partial charge < -0.3 is 19.8 Å². The Morgan fingerprint density at radius 2 is 1.46 bits per heavy atom. The molecule has 0 bridgehead atoms. The normalized spacial score (nSPS) is 11.7. The molecule has 0 spiro atoms. The molecule has 0 amide bonds. The van der Waals surface area contributed by atoms with Gasteiger partial charge in [0.15, 0.2) is 0 Å². The Morgan fingerprint density at radius 1 is 0.964 bits per heavy atom. The summed E-state index contributed by atoms with van der Waals surface area (Å²) in [6.45, 7) is 1.59. The summed E-state index contributed by atoms with van der Waals surface area (Å²) in [7, 11) is 4.09. The van der Waals surface area contributed by atoms with Gasteiger partial charge in [0.05, 0.1) is 6.61 Å². The number of nitrogens with zero attached hydrogens (tertiary/aromatic N) is 1. The van der Waals surface area contributed by atoms with Gasteiger partial charge in [0.2, 0.25) is 0 Å². The summed E-state index contributed by atoms with van der Waals surface area (Å²) in [5.41, 5.74) is 2.29. The molecular weight excluding hydrogens is 382 g/mol. The van der Waals surface area contributed by atoms with Crippen LogP contribution in [-0.4, -0.2) is 54.3 Å². The molecule has 150 valence electrons. The Labute approximate surface area is 169 Å². The Hall–Kier alpha value is -2.67. The van der Waals surface area contributed by atoms with E-state index in [0.29, 0.717) is 18.8 Å². The maximum absolute atomic E-state index is 9.55. The van der Waals surface area contributed by atoms with E-state index in [-0.39, 0.29) is 6.10 Å². The third kappa shape index (κ3) is 9.87. The van der Waals surface area contributed by atoms with Gasteiger partial charge in [0.1, 0.15) is 6.10 Å². The average Bonchev–Trinajstić information content (AvgIpc) is 2.65. The van der Waals surface area contributed by atoms with Crippen LogP contribution < -0.4 is 0 Å². The van der Waals surface area contributed by atoms with Gasteiger partial charge in [-0.15, -0.1) is 0 Å². The number of likely N-dealkylation sites (N-methyl/N-ethyl adjacent to an activating group) is 1. The molecule has 0 heterocycles. The molecule has 7 heteroatoms. The van der Waals surface area contributed by atoms with Crippen LogP contribution in [0.5, 0.6) is 0 Å². The predicted molar refractivity (Wildman–Crippen MR) is 109 cm³/mol. The lowest BCUT2D eigenvalue weighted by atomic mass is 10.0. The molecule has 0 saturated heterocycles. The Kier molecular flexibility index (Phi) is 10.6. The van der Waals surface area contributed by atoms with Gasteiger partial charge >= 0.3 is 11.9 Å². The molecule has 2 rings (SSSR count). The minimum absolute atomic E-state index is 0.0478. The molecule has 2 aromatic carbocycles. The average molecular weight is 406 g/mol. The smallest absolute Gasteiger partial charge is 0.328 e. The van der Waals surface area contributed by atoms with Crippen LogP contribution in [0.1, 0.15) is 17.2 Å². The van der Waals surface area contributed by atoms with E-state index in [1.165, 1.54) is 0 Å². The zero-order valence-electron chi connectivity index (χ0n) is 15.8. The van der Waals surface area contributed by atoms with Crippen LogP contribution in [0.2, 0.25) is 5.02 Å². The zero-order chi connectivity index (χ0) is 20.9. The van der Waals surface area contributed by atoms with E-state index >= 15 is 0 Å². The molecule has 6 nitrogen and oxygen atoms in total. The minimum Gasteiger partial charge on any atom is -0.478 e. The van der Waals surface area contributed by atoms with Crippen molar-refractivity contribution in [1.29, 1.82) is 0 Å². The highest BCUT2D eigenvalue weighted by atomic mass is 35.5. The first kappa shape index (κ1) is 23.4. The maximum atomic E-state index is 9.55. The fourth-order valence-corrected chi connectivity index (χ4v) is 2.27. The zero-order valence-corrected chi connectivity index (χ0v) is 16.5. The summed E-state index contributed by atoms with van der Waals surface area (Å²) in [5.74, 6) is -2.51. The number of hydrogen-bond donors (Lipinski definition) is 2. The van der Waals surface area contributed by atoms with E-state index in [9.17, 15) is 9.59 Å². The van der Waals surface area contributed by atoms with Gasteiger partial charge in [-0.05, 0) is 37.4 Å². The van der Waals surface area contributed by atoms with Crippen LogP contribution in [0, 0.1) is 0 Å². The number of carboxylic acid groups (broad SMARTS) is 2. The van der Waals surface area contributed by atoms with Gasteiger partial charge in [0.25, 0.3) is 0 Å². The first-order valence-corrected chi connectivity index (χ1v) is 8.88. The fourth-order valence-electron chi connectivity index (χ4n) is 2.15. The molecule has 2 aromatic rings. The monoisotopic (exact) mass is 405 g/mol. The molecule has 0 aliphatic heterocycles. The van der Waals surface area contributed by atoms with Crippen LogP contribution >= 0.6 is 11.6 Å². The van der Waals surface area contributed by atoms with Gasteiger partial charge in [-0.3, -0.25) is 0 Å². The van der Waals surface area contributed by atoms with E-state index in [1.54, 1.807) is 0 Å². The minimum atomic E-state index is -1.26. The van der Waals surface area contributed by atoms with Crippen LogP contribution in [0.25, 0.3) is 0 Å². The third-order valence-corrected chi connectivity index (χ3v) is 3.72. The van der Waals surface area contributed by atoms with Gasteiger partial charge in [-0.2, -0.15) is 0 Å². The highest BCUT2D eigenvalue weighted by Crippen LogP contribution is 2.26. The largest absolute Gasteiger partial charge is 0.478 e. The predicted octanol–water partition coefficient (Wildman–Crippen LogP) is 3.72. The van der Waals surface area contributed by atoms with Crippen molar-refractivity contribution in [2.24, 2.45) is 0 Å². The molecule has 0 aliphatic rings. The molecule has 0 saturated carbocycles. The molecule has 28 heavy (non-hydrogen) atoms. The van der Waals surface area contributed by atoms with Crippen molar-refractivity contribution in [1.82, 2.24) is 4.90 Å². The van der Waals surface area contributed by atoms with Crippen LogP contribution in [0.15, 0.2) is 66.7 Å². The summed E-state index contributed by atoms with van der Waals surface area (Å²) in [5, 5.41) is 16.4. The van der Waals surface area contributed by atoms with Crippen molar-refractivity contribution in [3.63, 3.8) is 0 Å². The second-order valence-electron chi connectivity index (χ2n) is 6.03. The molecule has 0 radical (unpaired) electrons. The number of carbonyl (C=O) groups is 2. The molecule has 0 aliphatic carbocycles. The first-order chi connectivity index (χ1) is 13.3. The molecular formula is C21H24ClNO5. The molecule has 1 unspecified atom stereocenters. The Balaban J connectivity index is 0.000000416. The quantitative estimate of drug-likeness (QED) is 0.651. The van der Waals surface area contributed by atoms with E-state index < -0.39 is 11.9 Å². The molecule has 2 N–H and O–H groups in total. The summed E-state index contributed by atoms with van der Waals surface area (Å²) >= 11 is 5.96. The summed E-state index contributed by atoms with van der Waals surface area (Å²) in [4.78, 5) is 21.2. The van der Waals surface area contributed by atoms with Crippen molar-refractivity contribution in [3.8, 4) is 0 Å². The van der Waals surface area contributed by atoms with Crippen molar-refractivity contribution in [2.45, 2.75) is 6.10 Å². The summed E-state index contributed by atoms with van der Waals surface area (Å²) in [6.07, 6.45) is 1.07. The summed E-state index contributed by atoms with van der Waals surface area (Å²) in [6, 6.07) is 18.1. The Morgan fingerprint density at radius 3 is 1.93 bits per heavy atom. The maximum Gasteiger partial charge on any atom is 0.328 e. The second kappa shape index (κ2) is 12.7. The van der Waals surface area contributed by atoms with Gasteiger partial charge in [-0.1, -0.05) is 54.1 Å². The van der Waals surface area contributed by atoms with Crippen molar-refractivity contribution >= 4 is 23.5 Å². The third-order valence-electron chi connectivity index (χ3n) is 3.47. The number of carboxylic acids is 2. The van der Waals surface area contributed by atoms with Crippen molar-refractivity contribution < 1.29 is 24.5 Å². The van der Waals surface area contributed by atoms with E-state index in [2.05, 4.69) is 17.0 Å². The number of aliphatic carboxylic acids is 2. The Bertz CT molecular complexity index is 744. The molecule has 0 fully saturated rings. The van der Waals surface area contributed by atoms with Crippen LogP contribution in [0.4, 0.5) is 0 Å². The van der Waals surface area contributed by atoms with Crippen molar-refractivity contribution in [2.75, 3.05) is 27.2 Å². The van der Waals surface area contributed by atoms with E-state index in [4.69, 9.17) is 26.6 Å². The van der Waals surface area contributed by atoms with E-state index in [1.807, 2.05) is 56.6 Å². The number of rotatable bonds is 8. The van der Waals surface area contributed by atoms with Crippen LogP contribution in [-0.2, 0) is 14.3 Å². The lowest BCUT2D eigenvalue weighted by molar-refractivity contribution is -0.134. The number of hydrogen-bond acceptors (Lipinski definition) is 4. The number of ether oxygens (including phenoxy) is 1.